The zero-order valence-electron chi connectivity index (χ0n) is 11.4. The number of amides is 1. The number of hydrogen-bond donors (Lipinski definition) is 2. The molecule has 1 aromatic heterocycles. The number of hydrogen-bond acceptors (Lipinski definition) is 3. The first-order valence-electron chi connectivity index (χ1n) is 6.82. The molecule has 1 saturated carbocycles. The Morgan fingerprint density at radius 3 is 2.71 bits per heavy atom. The second-order valence-corrected chi connectivity index (χ2v) is 5.93. The van der Waals surface area contributed by atoms with Crippen molar-refractivity contribution in [2.24, 2.45) is 5.41 Å². The Bertz CT molecular complexity index is 647. The van der Waals surface area contributed by atoms with E-state index in [0.717, 1.165) is 18.5 Å². The highest BCUT2D eigenvalue weighted by Gasteiger charge is 2.42. The quantitative estimate of drug-likeness (QED) is 0.888. The van der Waals surface area contributed by atoms with Gasteiger partial charge in [0.15, 0.2) is 0 Å². The van der Waals surface area contributed by atoms with Crippen molar-refractivity contribution in [2.75, 3.05) is 13.2 Å². The van der Waals surface area contributed by atoms with Crippen LogP contribution in [0.4, 0.5) is 0 Å². The van der Waals surface area contributed by atoms with E-state index in [0.29, 0.717) is 17.1 Å². The van der Waals surface area contributed by atoms with Gasteiger partial charge < -0.3 is 10.4 Å². The number of aromatic nitrogens is 2. The third kappa shape index (κ3) is 3.09. The molecule has 1 aliphatic rings. The molecule has 2 aromatic rings. The molecule has 21 heavy (non-hydrogen) atoms. The molecule has 5 nitrogen and oxygen atoms in total. The van der Waals surface area contributed by atoms with Crippen molar-refractivity contribution in [1.29, 1.82) is 0 Å². The summed E-state index contributed by atoms with van der Waals surface area (Å²) >= 11 is 5.84. The normalized spacial score (nSPS) is 15.7. The summed E-state index contributed by atoms with van der Waals surface area (Å²) in [5.74, 6) is -0.171. The number of nitrogens with one attached hydrogen (secondary N) is 1. The number of halogens is 1. The Kier molecular flexibility index (Phi) is 3.69. The molecule has 2 N–H and O–H groups in total. The minimum atomic E-state index is -0.171. The number of rotatable bonds is 5. The topological polar surface area (TPSA) is 67.2 Å². The highest BCUT2D eigenvalue weighted by atomic mass is 35.5. The van der Waals surface area contributed by atoms with E-state index in [4.69, 9.17) is 11.6 Å². The van der Waals surface area contributed by atoms with Gasteiger partial charge in [0, 0.05) is 23.2 Å². The van der Waals surface area contributed by atoms with Gasteiger partial charge in [-0.3, -0.25) is 4.79 Å². The Morgan fingerprint density at radius 2 is 2.10 bits per heavy atom. The van der Waals surface area contributed by atoms with Crippen LogP contribution in [0.25, 0.3) is 5.69 Å². The zero-order valence-corrected chi connectivity index (χ0v) is 12.2. The van der Waals surface area contributed by atoms with E-state index in [1.54, 1.807) is 23.0 Å². The van der Waals surface area contributed by atoms with E-state index >= 15 is 0 Å². The van der Waals surface area contributed by atoms with Crippen molar-refractivity contribution in [3.05, 3.63) is 47.2 Å². The first-order valence-corrected chi connectivity index (χ1v) is 7.19. The van der Waals surface area contributed by atoms with Crippen LogP contribution in [0.1, 0.15) is 23.2 Å². The van der Waals surface area contributed by atoms with Gasteiger partial charge in [0.1, 0.15) is 0 Å². The number of carbonyl (C=O) groups is 1. The lowest BCUT2D eigenvalue weighted by molar-refractivity contribution is 0.0935. The molecule has 110 valence electrons. The van der Waals surface area contributed by atoms with Crippen molar-refractivity contribution >= 4 is 17.5 Å². The average Bonchev–Trinajstić information content (AvgIpc) is 3.12. The predicted molar refractivity (Wildman–Crippen MR) is 79.7 cm³/mol. The lowest BCUT2D eigenvalue weighted by atomic mass is 10.1. The van der Waals surface area contributed by atoms with Gasteiger partial charge in [0.25, 0.3) is 5.91 Å². The van der Waals surface area contributed by atoms with Crippen LogP contribution in [0.2, 0.25) is 5.02 Å². The third-order valence-electron chi connectivity index (χ3n) is 3.85. The van der Waals surface area contributed by atoms with Crippen molar-refractivity contribution in [1.82, 2.24) is 15.1 Å². The fraction of sp³-hybridized carbons (Fsp3) is 0.333. The molecule has 1 amide bonds. The van der Waals surface area contributed by atoms with Gasteiger partial charge in [-0.25, -0.2) is 4.68 Å². The van der Waals surface area contributed by atoms with Gasteiger partial charge in [-0.2, -0.15) is 5.10 Å². The molecular formula is C15H16ClN3O2. The van der Waals surface area contributed by atoms with Crippen LogP contribution in [0.3, 0.4) is 0 Å². The summed E-state index contributed by atoms with van der Waals surface area (Å²) in [4.78, 5) is 12.1. The van der Waals surface area contributed by atoms with E-state index in [2.05, 4.69) is 10.4 Å². The van der Waals surface area contributed by atoms with E-state index in [-0.39, 0.29) is 17.9 Å². The predicted octanol–water partition coefficient (Wildman–Crippen LogP) is 2.03. The first-order chi connectivity index (χ1) is 10.1. The van der Waals surface area contributed by atoms with Gasteiger partial charge >= 0.3 is 0 Å². The van der Waals surface area contributed by atoms with Gasteiger partial charge in [0.2, 0.25) is 0 Å². The summed E-state index contributed by atoms with van der Waals surface area (Å²) in [6.07, 6.45) is 5.14. The van der Waals surface area contributed by atoms with Crippen molar-refractivity contribution in [3.8, 4) is 5.69 Å². The van der Waals surface area contributed by atoms with Crippen LogP contribution < -0.4 is 5.32 Å². The van der Waals surface area contributed by atoms with Crippen molar-refractivity contribution in [2.45, 2.75) is 12.8 Å². The monoisotopic (exact) mass is 305 g/mol. The smallest absolute Gasteiger partial charge is 0.254 e. The maximum atomic E-state index is 12.1. The van der Waals surface area contributed by atoms with Gasteiger partial charge in [-0.15, -0.1) is 0 Å². The largest absolute Gasteiger partial charge is 0.396 e. The molecule has 1 heterocycles. The van der Waals surface area contributed by atoms with Crippen LogP contribution in [-0.2, 0) is 0 Å². The fourth-order valence-electron chi connectivity index (χ4n) is 2.11. The molecule has 6 heteroatoms. The summed E-state index contributed by atoms with van der Waals surface area (Å²) in [6.45, 7) is 0.631. The summed E-state index contributed by atoms with van der Waals surface area (Å²) in [7, 11) is 0. The Balaban J connectivity index is 1.66. The SMILES string of the molecule is O=C(NCC1(CO)CC1)c1cnn(-c2ccc(Cl)cc2)c1. The second-order valence-electron chi connectivity index (χ2n) is 5.49. The summed E-state index contributed by atoms with van der Waals surface area (Å²) < 4.78 is 1.63. The molecule has 1 aromatic carbocycles. The van der Waals surface area contributed by atoms with E-state index < -0.39 is 0 Å². The van der Waals surface area contributed by atoms with Gasteiger partial charge in [-0.05, 0) is 37.1 Å². The van der Waals surface area contributed by atoms with Crippen LogP contribution in [-0.4, -0.2) is 33.9 Å². The molecular weight excluding hydrogens is 290 g/mol. The van der Waals surface area contributed by atoms with Crippen LogP contribution >= 0.6 is 11.6 Å². The number of aliphatic hydroxyl groups is 1. The molecule has 0 atom stereocenters. The molecule has 1 aliphatic carbocycles. The first kappa shape index (κ1) is 14.1. The van der Waals surface area contributed by atoms with E-state index in [1.807, 2.05) is 12.1 Å². The number of carbonyl (C=O) groups excluding carboxylic acids is 1. The molecule has 0 spiro atoms. The fourth-order valence-corrected chi connectivity index (χ4v) is 2.24. The number of aliphatic hydroxyl groups excluding tert-OH is 1. The summed E-state index contributed by atoms with van der Waals surface area (Å²) in [5, 5.41) is 16.9. The second kappa shape index (κ2) is 5.50. The maximum Gasteiger partial charge on any atom is 0.254 e. The molecule has 3 rings (SSSR count). The lowest BCUT2D eigenvalue weighted by Gasteiger charge is -2.11. The van der Waals surface area contributed by atoms with Crippen LogP contribution in [0, 0.1) is 5.41 Å². The van der Waals surface area contributed by atoms with Crippen LogP contribution in [0.15, 0.2) is 36.7 Å². The highest BCUT2D eigenvalue weighted by Crippen LogP contribution is 2.44. The lowest BCUT2D eigenvalue weighted by Crippen LogP contribution is -2.31. The summed E-state index contributed by atoms with van der Waals surface area (Å²) in [6, 6.07) is 7.22. The van der Waals surface area contributed by atoms with Crippen molar-refractivity contribution in [3.63, 3.8) is 0 Å². The summed E-state index contributed by atoms with van der Waals surface area (Å²) in [5.41, 5.74) is 1.24. The molecule has 1 fully saturated rings. The molecule has 0 bridgehead atoms. The maximum absolute atomic E-state index is 12.1. The molecule has 0 saturated heterocycles. The van der Waals surface area contributed by atoms with Crippen LogP contribution in [0.5, 0.6) is 0 Å². The molecule has 0 unspecified atom stereocenters. The van der Waals surface area contributed by atoms with Gasteiger partial charge in [-0.1, -0.05) is 11.6 Å². The van der Waals surface area contributed by atoms with E-state index in [1.165, 1.54) is 6.20 Å². The third-order valence-corrected chi connectivity index (χ3v) is 4.10. The van der Waals surface area contributed by atoms with Crippen molar-refractivity contribution < 1.29 is 9.90 Å². The number of nitrogens with zero attached hydrogens (tertiary/aromatic N) is 2. The average molecular weight is 306 g/mol. The Labute approximate surface area is 127 Å². The zero-order chi connectivity index (χ0) is 14.9. The minimum Gasteiger partial charge on any atom is -0.396 e. The minimum absolute atomic E-state index is 0.0954. The highest BCUT2D eigenvalue weighted by molar-refractivity contribution is 6.30. The number of benzene rings is 1. The standard InChI is InChI=1S/C15H16ClN3O2/c16-12-1-3-13(4-2-12)19-8-11(7-18-19)14(21)17-9-15(10-20)5-6-15/h1-4,7-8,20H,5-6,9-10H2,(H,17,21). The van der Waals surface area contributed by atoms with E-state index in [9.17, 15) is 9.90 Å². The molecule has 0 aliphatic heterocycles. The Hall–Kier alpha value is -1.85. The Morgan fingerprint density at radius 1 is 1.38 bits per heavy atom. The van der Waals surface area contributed by atoms with Gasteiger partial charge in [0.05, 0.1) is 24.1 Å². The molecule has 0 radical (unpaired) electrons.